The van der Waals surface area contributed by atoms with Gasteiger partial charge in [0, 0.05) is 18.7 Å². The molecule has 0 radical (unpaired) electrons. The maximum absolute atomic E-state index is 12.2. The molecule has 0 heterocycles. The molecule has 2 aromatic carbocycles. The van der Waals surface area contributed by atoms with Crippen molar-refractivity contribution in [1.29, 1.82) is 0 Å². The number of nitrogens with zero attached hydrogens (tertiary/aromatic N) is 1. The number of ether oxygens (including phenoxy) is 2. The third kappa shape index (κ3) is 6.42. The summed E-state index contributed by atoms with van der Waals surface area (Å²) in [7, 11) is -0.575. The fourth-order valence-electron chi connectivity index (χ4n) is 2.65. The predicted octanol–water partition coefficient (Wildman–Crippen LogP) is 4.20. The Hall–Kier alpha value is -2.16. The lowest BCUT2D eigenvalue weighted by atomic mass is 10.2. The third-order valence-electron chi connectivity index (χ3n) is 4.02. The van der Waals surface area contributed by atoms with Gasteiger partial charge < -0.3 is 14.8 Å². The van der Waals surface area contributed by atoms with E-state index in [1.165, 1.54) is 24.6 Å². The second-order valence-electron chi connectivity index (χ2n) is 6.16. The van der Waals surface area contributed by atoms with Crippen LogP contribution in [0.15, 0.2) is 36.4 Å². The number of amides is 1. The highest BCUT2D eigenvalue weighted by molar-refractivity contribution is 7.92. The Labute approximate surface area is 180 Å². The number of carbonyl (C=O) groups excluding carboxylic acids is 1. The van der Waals surface area contributed by atoms with Gasteiger partial charge in [-0.2, -0.15) is 0 Å². The number of nitrogens with one attached hydrogen (secondary N) is 1. The molecule has 0 spiro atoms. The monoisotopic (exact) mass is 460 g/mol. The van der Waals surface area contributed by atoms with Gasteiger partial charge in [-0.05, 0) is 42.8 Å². The maximum Gasteiger partial charge on any atom is 0.232 e. The highest BCUT2D eigenvalue weighted by atomic mass is 35.5. The smallest absolute Gasteiger partial charge is 0.232 e. The Morgan fingerprint density at radius 1 is 1.03 bits per heavy atom. The Kier molecular flexibility index (Phi) is 8.01. The van der Waals surface area contributed by atoms with Crippen LogP contribution in [0.5, 0.6) is 11.5 Å². The first-order chi connectivity index (χ1) is 13.7. The Morgan fingerprint density at radius 3 is 2.14 bits per heavy atom. The summed E-state index contributed by atoms with van der Waals surface area (Å²) in [5, 5.41) is 3.40. The SMILES string of the molecule is COc1ccc(NC(=O)CCCN(c2ccc(OC)c(Cl)c2)S(C)(=O)=O)cc1Cl. The van der Waals surface area contributed by atoms with E-state index in [-0.39, 0.29) is 18.9 Å². The molecule has 0 aliphatic heterocycles. The van der Waals surface area contributed by atoms with Crippen LogP contribution in [-0.2, 0) is 14.8 Å². The Balaban J connectivity index is 2.00. The molecule has 1 amide bonds. The Morgan fingerprint density at radius 2 is 1.62 bits per heavy atom. The van der Waals surface area contributed by atoms with Crippen LogP contribution in [0.1, 0.15) is 12.8 Å². The summed E-state index contributed by atoms with van der Waals surface area (Å²) >= 11 is 12.1. The van der Waals surface area contributed by atoms with Crippen molar-refractivity contribution in [3.8, 4) is 11.5 Å². The zero-order valence-corrected chi connectivity index (χ0v) is 18.6. The summed E-state index contributed by atoms with van der Waals surface area (Å²) in [6, 6.07) is 9.62. The summed E-state index contributed by atoms with van der Waals surface area (Å²) in [4.78, 5) is 12.2. The van der Waals surface area contributed by atoms with Gasteiger partial charge in [0.1, 0.15) is 11.5 Å². The summed E-state index contributed by atoms with van der Waals surface area (Å²) in [5.41, 5.74) is 0.934. The highest BCUT2D eigenvalue weighted by Crippen LogP contribution is 2.30. The van der Waals surface area contributed by atoms with E-state index < -0.39 is 10.0 Å². The molecule has 0 unspecified atom stereocenters. The molecule has 10 heteroatoms. The Bertz CT molecular complexity index is 983. The molecule has 2 aromatic rings. The van der Waals surface area contributed by atoms with Gasteiger partial charge in [0.2, 0.25) is 15.9 Å². The number of anilines is 2. The van der Waals surface area contributed by atoms with Crippen LogP contribution >= 0.6 is 23.2 Å². The van der Waals surface area contributed by atoms with Gasteiger partial charge in [0.15, 0.2) is 0 Å². The minimum atomic E-state index is -3.55. The van der Waals surface area contributed by atoms with Crippen LogP contribution in [0.2, 0.25) is 10.0 Å². The van der Waals surface area contributed by atoms with Crippen molar-refractivity contribution in [3.63, 3.8) is 0 Å². The van der Waals surface area contributed by atoms with Crippen molar-refractivity contribution in [2.24, 2.45) is 0 Å². The largest absolute Gasteiger partial charge is 0.495 e. The van der Waals surface area contributed by atoms with E-state index in [4.69, 9.17) is 32.7 Å². The molecule has 158 valence electrons. The molecular weight excluding hydrogens is 439 g/mol. The summed E-state index contributed by atoms with van der Waals surface area (Å²) in [5.74, 6) is 0.695. The number of hydrogen-bond donors (Lipinski definition) is 1. The second-order valence-corrected chi connectivity index (χ2v) is 8.88. The van der Waals surface area contributed by atoms with Crippen molar-refractivity contribution >= 4 is 50.5 Å². The van der Waals surface area contributed by atoms with Gasteiger partial charge >= 0.3 is 0 Å². The van der Waals surface area contributed by atoms with Crippen molar-refractivity contribution in [3.05, 3.63) is 46.4 Å². The minimum Gasteiger partial charge on any atom is -0.495 e. The molecule has 0 bridgehead atoms. The molecule has 0 aromatic heterocycles. The molecule has 0 aliphatic rings. The van der Waals surface area contributed by atoms with E-state index in [0.29, 0.717) is 39.3 Å². The van der Waals surface area contributed by atoms with Gasteiger partial charge in [0.05, 0.1) is 36.2 Å². The van der Waals surface area contributed by atoms with Gasteiger partial charge in [-0.15, -0.1) is 0 Å². The molecule has 1 N–H and O–H groups in total. The quantitative estimate of drug-likeness (QED) is 0.605. The van der Waals surface area contributed by atoms with E-state index in [1.807, 2.05) is 0 Å². The average molecular weight is 461 g/mol. The molecule has 0 aliphatic carbocycles. The predicted molar refractivity (Wildman–Crippen MR) is 116 cm³/mol. The number of benzene rings is 2. The number of halogens is 2. The van der Waals surface area contributed by atoms with Crippen molar-refractivity contribution in [2.45, 2.75) is 12.8 Å². The van der Waals surface area contributed by atoms with Gasteiger partial charge in [-0.25, -0.2) is 8.42 Å². The van der Waals surface area contributed by atoms with Crippen LogP contribution in [0.3, 0.4) is 0 Å². The number of carbonyl (C=O) groups is 1. The van der Waals surface area contributed by atoms with Crippen LogP contribution < -0.4 is 19.1 Å². The summed E-state index contributed by atoms with van der Waals surface area (Å²) in [6.07, 6.45) is 1.54. The van der Waals surface area contributed by atoms with Crippen LogP contribution in [-0.4, -0.2) is 41.3 Å². The molecule has 2 rings (SSSR count). The lowest BCUT2D eigenvalue weighted by Crippen LogP contribution is -2.31. The van der Waals surface area contributed by atoms with E-state index >= 15 is 0 Å². The number of hydrogen-bond acceptors (Lipinski definition) is 5. The molecular formula is C19H22Cl2N2O5S. The molecule has 7 nitrogen and oxygen atoms in total. The van der Waals surface area contributed by atoms with E-state index in [0.717, 1.165) is 6.26 Å². The van der Waals surface area contributed by atoms with Gasteiger partial charge in [-0.1, -0.05) is 23.2 Å². The molecule has 0 atom stereocenters. The lowest BCUT2D eigenvalue weighted by molar-refractivity contribution is -0.116. The third-order valence-corrected chi connectivity index (χ3v) is 5.81. The minimum absolute atomic E-state index is 0.123. The molecule has 0 saturated heterocycles. The average Bonchev–Trinajstić information content (AvgIpc) is 2.64. The molecule has 0 saturated carbocycles. The van der Waals surface area contributed by atoms with Gasteiger partial charge in [-0.3, -0.25) is 9.10 Å². The first-order valence-corrected chi connectivity index (χ1v) is 11.2. The maximum atomic E-state index is 12.2. The first-order valence-electron chi connectivity index (χ1n) is 8.60. The second kappa shape index (κ2) is 10.0. The summed E-state index contributed by atoms with van der Waals surface area (Å²) in [6.45, 7) is 0.123. The fourth-order valence-corrected chi connectivity index (χ4v) is 4.11. The number of sulfonamides is 1. The molecule has 29 heavy (non-hydrogen) atoms. The lowest BCUT2D eigenvalue weighted by Gasteiger charge is -2.23. The highest BCUT2D eigenvalue weighted by Gasteiger charge is 2.19. The molecule has 0 fully saturated rings. The normalized spacial score (nSPS) is 11.1. The van der Waals surface area contributed by atoms with Crippen LogP contribution in [0.25, 0.3) is 0 Å². The van der Waals surface area contributed by atoms with Crippen molar-refractivity contribution < 1.29 is 22.7 Å². The van der Waals surface area contributed by atoms with Crippen LogP contribution in [0.4, 0.5) is 11.4 Å². The van der Waals surface area contributed by atoms with Crippen molar-refractivity contribution in [1.82, 2.24) is 0 Å². The first kappa shape index (κ1) is 23.1. The van der Waals surface area contributed by atoms with E-state index in [1.54, 1.807) is 30.3 Å². The van der Waals surface area contributed by atoms with Crippen molar-refractivity contribution in [2.75, 3.05) is 36.6 Å². The van der Waals surface area contributed by atoms with Gasteiger partial charge in [0.25, 0.3) is 0 Å². The zero-order valence-electron chi connectivity index (χ0n) is 16.2. The number of methoxy groups -OCH3 is 2. The zero-order chi connectivity index (χ0) is 21.6. The number of rotatable bonds is 9. The summed E-state index contributed by atoms with van der Waals surface area (Å²) < 4.78 is 35.7. The standard InChI is InChI=1S/C19H22Cl2N2O5S/c1-27-17-8-6-13(11-15(17)20)22-19(24)5-4-10-23(29(3,25)26)14-7-9-18(28-2)16(21)12-14/h6-9,11-12H,4-5,10H2,1-3H3,(H,22,24). The van der Waals surface area contributed by atoms with Crippen LogP contribution in [0, 0.1) is 0 Å². The van der Waals surface area contributed by atoms with E-state index in [9.17, 15) is 13.2 Å². The fraction of sp³-hybridized carbons (Fsp3) is 0.316. The van der Waals surface area contributed by atoms with E-state index in [2.05, 4.69) is 5.32 Å². The topological polar surface area (TPSA) is 84.9 Å².